The third kappa shape index (κ3) is 5.62. The molecule has 0 saturated heterocycles. The van der Waals surface area contributed by atoms with Gasteiger partial charge in [0, 0.05) is 33.1 Å². The van der Waals surface area contributed by atoms with Crippen LogP contribution in [0.5, 0.6) is 0 Å². The first-order chi connectivity index (χ1) is 26.8. The van der Waals surface area contributed by atoms with Crippen molar-refractivity contribution in [2.75, 3.05) is 4.90 Å². The van der Waals surface area contributed by atoms with Gasteiger partial charge in [-0.2, -0.15) is 0 Å². The van der Waals surface area contributed by atoms with Crippen molar-refractivity contribution in [3.8, 4) is 44.5 Å². The van der Waals surface area contributed by atoms with Crippen LogP contribution in [0.3, 0.4) is 0 Å². The van der Waals surface area contributed by atoms with Crippen LogP contribution in [0.4, 0.5) is 17.1 Å². The Bertz CT molecular complexity index is 2790. The second-order valence-electron chi connectivity index (χ2n) is 13.7. The Morgan fingerprint density at radius 1 is 0.315 bits per heavy atom. The van der Waals surface area contributed by atoms with Gasteiger partial charge in [0.25, 0.3) is 0 Å². The monoisotopic (exact) mass is 689 g/mol. The lowest BCUT2D eigenvalue weighted by atomic mass is 9.93. The van der Waals surface area contributed by atoms with Crippen molar-refractivity contribution >= 4 is 49.8 Å². The Morgan fingerprint density at radius 3 is 1.30 bits per heavy atom. The molecule has 0 fully saturated rings. The summed E-state index contributed by atoms with van der Waals surface area (Å²) in [5.74, 6) is 0. The van der Waals surface area contributed by atoms with Gasteiger partial charge in [-0.3, -0.25) is 0 Å². The molecule has 10 aromatic rings. The van der Waals surface area contributed by atoms with E-state index in [4.69, 9.17) is 4.42 Å². The molecule has 54 heavy (non-hydrogen) atoms. The molecule has 1 heterocycles. The van der Waals surface area contributed by atoms with Crippen LogP contribution in [0.25, 0.3) is 77.2 Å². The van der Waals surface area contributed by atoms with Crippen LogP contribution in [0, 0.1) is 0 Å². The molecule has 0 atom stereocenters. The first-order valence-corrected chi connectivity index (χ1v) is 18.4. The lowest BCUT2D eigenvalue weighted by Gasteiger charge is -2.28. The molecule has 0 amide bonds. The van der Waals surface area contributed by atoms with Gasteiger partial charge >= 0.3 is 0 Å². The zero-order valence-corrected chi connectivity index (χ0v) is 29.6. The lowest BCUT2D eigenvalue weighted by molar-refractivity contribution is 0.673. The highest BCUT2D eigenvalue weighted by Gasteiger charge is 2.23. The number of fused-ring (bicyclic) bond motifs is 5. The lowest BCUT2D eigenvalue weighted by Crippen LogP contribution is -2.11. The fourth-order valence-electron chi connectivity index (χ4n) is 7.82. The highest BCUT2D eigenvalue weighted by molar-refractivity contribution is 6.21. The van der Waals surface area contributed by atoms with Crippen molar-refractivity contribution < 1.29 is 4.42 Å². The van der Waals surface area contributed by atoms with E-state index in [9.17, 15) is 0 Å². The largest absolute Gasteiger partial charge is 0.455 e. The minimum Gasteiger partial charge on any atom is -0.455 e. The number of rotatable bonds is 7. The van der Waals surface area contributed by atoms with Crippen molar-refractivity contribution in [3.05, 3.63) is 212 Å². The van der Waals surface area contributed by atoms with Crippen molar-refractivity contribution in [2.24, 2.45) is 0 Å². The third-order valence-electron chi connectivity index (χ3n) is 10.5. The molecule has 0 unspecified atom stereocenters. The Hall–Kier alpha value is -7.16. The summed E-state index contributed by atoms with van der Waals surface area (Å²) in [7, 11) is 0. The summed E-state index contributed by atoms with van der Waals surface area (Å²) in [6, 6.07) is 75.8. The van der Waals surface area contributed by atoms with Crippen LogP contribution in [0.15, 0.2) is 217 Å². The molecule has 2 nitrogen and oxygen atoms in total. The first kappa shape index (κ1) is 31.6. The van der Waals surface area contributed by atoms with Crippen LogP contribution >= 0.6 is 0 Å². The van der Waals surface area contributed by atoms with E-state index in [-0.39, 0.29) is 0 Å². The summed E-state index contributed by atoms with van der Waals surface area (Å²) in [6.45, 7) is 0. The van der Waals surface area contributed by atoms with E-state index in [1.807, 2.05) is 0 Å². The highest BCUT2D eigenvalue weighted by atomic mass is 16.3. The zero-order valence-electron chi connectivity index (χ0n) is 29.6. The van der Waals surface area contributed by atoms with E-state index >= 15 is 0 Å². The second-order valence-corrected chi connectivity index (χ2v) is 13.7. The molecule has 0 aliphatic heterocycles. The molecule has 0 aliphatic rings. The number of hydrogen-bond acceptors (Lipinski definition) is 2. The molecule has 0 N–H and O–H groups in total. The molecule has 0 bridgehead atoms. The van der Waals surface area contributed by atoms with Gasteiger partial charge < -0.3 is 9.32 Å². The Labute approximate surface area is 314 Å². The molecule has 10 rings (SSSR count). The van der Waals surface area contributed by atoms with Crippen LogP contribution < -0.4 is 4.90 Å². The maximum absolute atomic E-state index is 6.78. The maximum atomic E-state index is 6.78. The fourth-order valence-corrected chi connectivity index (χ4v) is 7.82. The molecule has 0 aliphatic carbocycles. The molecular formula is C52H35NO. The van der Waals surface area contributed by atoms with Crippen molar-refractivity contribution in [3.63, 3.8) is 0 Å². The molecule has 0 saturated carbocycles. The number of nitrogens with zero attached hydrogens (tertiary/aromatic N) is 1. The molecule has 254 valence electrons. The topological polar surface area (TPSA) is 16.4 Å². The van der Waals surface area contributed by atoms with Gasteiger partial charge in [0.2, 0.25) is 0 Å². The van der Waals surface area contributed by atoms with Crippen LogP contribution in [-0.2, 0) is 0 Å². The highest BCUT2D eigenvalue weighted by Crippen LogP contribution is 2.48. The van der Waals surface area contributed by atoms with Crippen molar-refractivity contribution in [2.45, 2.75) is 0 Å². The quantitative estimate of drug-likeness (QED) is 0.166. The van der Waals surface area contributed by atoms with Gasteiger partial charge in [-0.25, -0.2) is 0 Å². The average molecular weight is 690 g/mol. The minimum atomic E-state index is 0.867. The van der Waals surface area contributed by atoms with Gasteiger partial charge in [0.15, 0.2) is 0 Å². The summed E-state index contributed by atoms with van der Waals surface area (Å²) in [6.07, 6.45) is 0. The molecule has 0 spiro atoms. The van der Waals surface area contributed by atoms with E-state index in [1.54, 1.807) is 0 Å². The Morgan fingerprint density at radius 2 is 0.759 bits per heavy atom. The van der Waals surface area contributed by atoms with Gasteiger partial charge in [-0.05, 0) is 86.8 Å². The van der Waals surface area contributed by atoms with E-state index in [0.29, 0.717) is 0 Å². The standard InChI is InChI=1S/C52H35NO/c1-4-12-36(13-5-1)39-20-22-43(23-21-39)50-48(34-35-49-51(50)47-33-28-42-18-10-11-19-46(42)52(47)54-49)53(44-29-24-40(25-30-44)37-14-6-2-7-15-37)45-31-26-41(27-32-45)38-16-8-3-9-17-38/h1-35H. The summed E-state index contributed by atoms with van der Waals surface area (Å²) < 4.78 is 6.78. The molecule has 0 radical (unpaired) electrons. The van der Waals surface area contributed by atoms with Crippen molar-refractivity contribution in [1.29, 1.82) is 0 Å². The molecule has 9 aromatic carbocycles. The van der Waals surface area contributed by atoms with E-state index in [2.05, 4.69) is 217 Å². The van der Waals surface area contributed by atoms with Gasteiger partial charge in [-0.1, -0.05) is 170 Å². The summed E-state index contributed by atoms with van der Waals surface area (Å²) in [5.41, 5.74) is 14.4. The number of benzene rings is 9. The summed E-state index contributed by atoms with van der Waals surface area (Å²) >= 11 is 0. The molecule has 1 aromatic heterocycles. The smallest absolute Gasteiger partial charge is 0.143 e. The van der Waals surface area contributed by atoms with E-state index in [0.717, 1.165) is 60.9 Å². The van der Waals surface area contributed by atoms with Crippen molar-refractivity contribution in [1.82, 2.24) is 0 Å². The molecular weight excluding hydrogens is 655 g/mol. The van der Waals surface area contributed by atoms with Crippen LogP contribution in [0.1, 0.15) is 0 Å². The first-order valence-electron chi connectivity index (χ1n) is 18.4. The van der Waals surface area contributed by atoms with Gasteiger partial charge in [-0.15, -0.1) is 0 Å². The Balaban J connectivity index is 1.22. The predicted molar refractivity (Wildman–Crippen MR) is 228 cm³/mol. The fraction of sp³-hybridized carbons (Fsp3) is 0. The maximum Gasteiger partial charge on any atom is 0.143 e. The number of anilines is 3. The minimum absolute atomic E-state index is 0.867. The van der Waals surface area contributed by atoms with Crippen LogP contribution in [0.2, 0.25) is 0 Å². The zero-order chi connectivity index (χ0) is 35.8. The Kier molecular flexibility index (Phi) is 7.85. The summed E-state index contributed by atoms with van der Waals surface area (Å²) in [5, 5.41) is 4.48. The molecule has 2 heteroatoms. The average Bonchev–Trinajstić information content (AvgIpc) is 3.65. The summed E-state index contributed by atoms with van der Waals surface area (Å²) in [4.78, 5) is 2.39. The third-order valence-corrected chi connectivity index (χ3v) is 10.5. The second kappa shape index (κ2) is 13.4. The predicted octanol–water partition coefficient (Wildman–Crippen LogP) is 14.9. The van der Waals surface area contributed by atoms with E-state index in [1.165, 1.54) is 33.4 Å². The normalized spacial score (nSPS) is 11.3. The van der Waals surface area contributed by atoms with Gasteiger partial charge in [0.05, 0.1) is 5.69 Å². The number of furan rings is 1. The van der Waals surface area contributed by atoms with E-state index < -0.39 is 0 Å². The van der Waals surface area contributed by atoms with Gasteiger partial charge in [0.1, 0.15) is 11.2 Å². The van der Waals surface area contributed by atoms with Crippen LogP contribution in [-0.4, -0.2) is 0 Å². The SMILES string of the molecule is c1ccc(-c2ccc(-c3c(N(c4ccc(-c5ccccc5)cc4)c4ccc(-c5ccccc5)cc4)ccc4oc5c6ccccc6ccc5c34)cc2)cc1. The number of hydrogen-bond donors (Lipinski definition) is 0.